The molecule has 3 heteroatoms. The lowest BCUT2D eigenvalue weighted by atomic mass is 10.0. The topological polar surface area (TPSA) is 29.1 Å². The summed E-state index contributed by atoms with van der Waals surface area (Å²) in [5, 5.41) is 3.21. The summed E-state index contributed by atoms with van der Waals surface area (Å²) in [6, 6.07) is 0.213. The van der Waals surface area contributed by atoms with Crippen molar-refractivity contribution in [2.75, 3.05) is 0 Å². The number of carbonyl (C=O) groups excluding carboxylic acids is 1. The van der Waals surface area contributed by atoms with Crippen molar-refractivity contribution in [1.82, 2.24) is 5.32 Å². The molecule has 1 N–H and O–H groups in total. The first-order valence-electron chi connectivity index (χ1n) is 5.63. The van der Waals surface area contributed by atoms with E-state index in [-0.39, 0.29) is 23.2 Å². The van der Waals surface area contributed by atoms with E-state index in [0.717, 1.165) is 32.1 Å². The molecule has 1 saturated carbocycles. The van der Waals surface area contributed by atoms with Crippen LogP contribution in [-0.2, 0) is 4.79 Å². The fourth-order valence-corrected chi connectivity index (χ4v) is 2.38. The number of rotatable bonds is 4. The molecule has 0 bridgehead atoms. The molecule has 0 heterocycles. The summed E-state index contributed by atoms with van der Waals surface area (Å²) in [7, 11) is 0. The van der Waals surface area contributed by atoms with E-state index in [2.05, 4.69) is 19.2 Å². The smallest absolute Gasteiger partial charge is 0.223 e. The molecule has 1 fully saturated rings. The van der Waals surface area contributed by atoms with Crippen LogP contribution in [0, 0.1) is 5.92 Å². The minimum atomic E-state index is 0.147. The first kappa shape index (κ1) is 11.8. The highest BCUT2D eigenvalue weighted by Crippen LogP contribution is 2.24. The first-order valence-corrected chi connectivity index (χ1v) is 6.07. The van der Waals surface area contributed by atoms with Crippen LogP contribution in [0.2, 0.25) is 0 Å². The highest BCUT2D eigenvalue weighted by Gasteiger charge is 2.28. The number of carbonyl (C=O) groups is 1. The van der Waals surface area contributed by atoms with Crippen LogP contribution >= 0.6 is 11.6 Å². The molecule has 2 unspecified atom stereocenters. The maximum absolute atomic E-state index is 11.7. The van der Waals surface area contributed by atoms with E-state index < -0.39 is 0 Å². The molecule has 2 nitrogen and oxygen atoms in total. The van der Waals surface area contributed by atoms with E-state index >= 15 is 0 Å². The molecule has 1 amide bonds. The predicted octanol–water partition coefficient (Wildman–Crippen LogP) is 2.70. The zero-order chi connectivity index (χ0) is 10.6. The Kier molecular flexibility index (Phi) is 4.73. The zero-order valence-electron chi connectivity index (χ0n) is 9.05. The summed E-state index contributed by atoms with van der Waals surface area (Å²) >= 11 is 6.10. The van der Waals surface area contributed by atoms with Gasteiger partial charge in [-0.2, -0.15) is 0 Å². The lowest BCUT2D eigenvalue weighted by molar-refractivity contribution is -0.125. The van der Waals surface area contributed by atoms with Gasteiger partial charge >= 0.3 is 0 Å². The summed E-state index contributed by atoms with van der Waals surface area (Å²) in [6.45, 7) is 4.11. The van der Waals surface area contributed by atoms with E-state index in [0.29, 0.717) is 0 Å². The summed E-state index contributed by atoms with van der Waals surface area (Å²) in [5.41, 5.74) is 0. The Balaban J connectivity index is 2.39. The Bertz CT molecular complexity index is 192. The largest absolute Gasteiger partial charge is 0.352 e. The maximum Gasteiger partial charge on any atom is 0.223 e. The zero-order valence-corrected chi connectivity index (χ0v) is 9.81. The van der Waals surface area contributed by atoms with Crippen molar-refractivity contribution >= 4 is 17.5 Å². The van der Waals surface area contributed by atoms with Crippen molar-refractivity contribution in [3.05, 3.63) is 0 Å². The number of nitrogens with one attached hydrogen (secondary N) is 1. The normalized spacial score (nSPS) is 26.9. The Morgan fingerprint density at radius 3 is 2.50 bits per heavy atom. The lowest BCUT2D eigenvalue weighted by Crippen LogP contribution is -2.41. The summed E-state index contributed by atoms with van der Waals surface area (Å²) < 4.78 is 0. The minimum Gasteiger partial charge on any atom is -0.352 e. The first-order chi connectivity index (χ1) is 6.69. The van der Waals surface area contributed by atoms with Crippen LogP contribution in [0.15, 0.2) is 0 Å². The van der Waals surface area contributed by atoms with E-state index in [1.54, 1.807) is 0 Å². The van der Waals surface area contributed by atoms with E-state index in [4.69, 9.17) is 11.6 Å². The molecule has 82 valence electrons. The van der Waals surface area contributed by atoms with E-state index in [1.165, 1.54) is 0 Å². The maximum atomic E-state index is 11.7. The van der Waals surface area contributed by atoms with Gasteiger partial charge in [-0.1, -0.05) is 13.8 Å². The average Bonchev–Trinajstić information content (AvgIpc) is 2.54. The van der Waals surface area contributed by atoms with Crippen molar-refractivity contribution in [1.29, 1.82) is 0 Å². The van der Waals surface area contributed by atoms with Crippen LogP contribution in [0.4, 0.5) is 0 Å². The van der Waals surface area contributed by atoms with Crippen LogP contribution in [0.25, 0.3) is 0 Å². The molecule has 0 aromatic carbocycles. The van der Waals surface area contributed by atoms with Crippen molar-refractivity contribution in [2.45, 2.75) is 57.4 Å². The number of hydrogen-bond donors (Lipinski definition) is 1. The van der Waals surface area contributed by atoms with Crippen molar-refractivity contribution in [3.63, 3.8) is 0 Å². The van der Waals surface area contributed by atoms with Gasteiger partial charge in [0.2, 0.25) is 5.91 Å². The Hall–Kier alpha value is -0.240. The van der Waals surface area contributed by atoms with Gasteiger partial charge < -0.3 is 5.32 Å². The molecule has 1 aliphatic rings. The van der Waals surface area contributed by atoms with Gasteiger partial charge in [0, 0.05) is 12.0 Å². The fourth-order valence-electron chi connectivity index (χ4n) is 2.04. The van der Waals surface area contributed by atoms with Crippen molar-refractivity contribution < 1.29 is 4.79 Å². The highest BCUT2D eigenvalue weighted by atomic mass is 35.5. The Labute approximate surface area is 91.4 Å². The van der Waals surface area contributed by atoms with Crippen LogP contribution in [-0.4, -0.2) is 17.3 Å². The van der Waals surface area contributed by atoms with Gasteiger partial charge in [-0.3, -0.25) is 4.79 Å². The van der Waals surface area contributed by atoms with E-state index in [1.807, 2.05) is 0 Å². The summed E-state index contributed by atoms with van der Waals surface area (Å²) in [5.74, 6) is 0.354. The monoisotopic (exact) mass is 217 g/mol. The summed E-state index contributed by atoms with van der Waals surface area (Å²) in [6.07, 6.45) is 5.06. The quantitative estimate of drug-likeness (QED) is 0.721. The average molecular weight is 218 g/mol. The van der Waals surface area contributed by atoms with Crippen LogP contribution in [0.5, 0.6) is 0 Å². The van der Waals surface area contributed by atoms with E-state index in [9.17, 15) is 4.79 Å². The van der Waals surface area contributed by atoms with Crippen LogP contribution in [0.1, 0.15) is 46.0 Å². The molecular weight excluding hydrogens is 198 g/mol. The van der Waals surface area contributed by atoms with Crippen molar-refractivity contribution in [2.24, 2.45) is 5.92 Å². The molecular formula is C11H20ClNO. The summed E-state index contributed by atoms with van der Waals surface area (Å²) in [4.78, 5) is 11.7. The molecule has 14 heavy (non-hydrogen) atoms. The highest BCUT2D eigenvalue weighted by molar-refractivity contribution is 6.21. The number of alkyl halides is 1. The SMILES string of the molecule is CCC(CC)C(=O)NC1CCCC1Cl. The van der Waals surface area contributed by atoms with Gasteiger partial charge in [-0.15, -0.1) is 11.6 Å². The van der Waals surface area contributed by atoms with Crippen LogP contribution in [0.3, 0.4) is 0 Å². The van der Waals surface area contributed by atoms with Gasteiger partial charge in [0.1, 0.15) is 0 Å². The Morgan fingerprint density at radius 1 is 1.43 bits per heavy atom. The van der Waals surface area contributed by atoms with Gasteiger partial charge in [-0.05, 0) is 32.1 Å². The second-order valence-corrected chi connectivity index (χ2v) is 4.64. The minimum absolute atomic E-state index is 0.147. The van der Waals surface area contributed by atoms with Gasteiger partial charge in [0.15, 0.2) is 0 Å². The second-order valence-electron chi connectivity index (χ2n) is 4.08. The standard InChI is InChI=1S/C11H20ClNO/c1-3-8(4-2)11(14)13-10-7-5-6-9(10)12/h8-10H,3-7H2,1-2H3,(H,13,14). The molecule has 0 aromatic rings. The molecule has 0 aromatic heterocycles. The number of halogens is 1. The third-order valence-corrected chi connectivity index (χ3v) is 3.64. The van der Waals surface area contributed by atoms with Crippen LogP contribution < -0.4 is 5.32 Å². The molecule has 0 radical (unpaired) electrons. The third kappa shape index (κ3) is 2.88. The number of hydrogen-bond acceptors (Lipinski definition) is 1. The van der Waals surface area contributed by atoms with Crippen molar-refractivity contribution in [3.8, 4) is 0 Å². The molecule has 0 saturated heterocycles. The predicted molar refractivity (Wildman–Crippen MR) is 59.5 cm³/mol. The molecule has 2 atom stereocenters. The molecule has 0 aliphatic heterocycles. The van der Waals surface area contributed by atoms with Gasteiger partial charge in [-0.25, -0.2) is 0 Å². The van der Waals surface area contributed by atoms with Gasteiger partial charge in [0.05, 0.1) is 5.38 Å². The lowest BCUT2D eigenvalue weighted by Gasteiger charge is -2.19. The molecule has 1 aliphatic carbocycles. The third-order valence-electron chi connectivity index (χ3n) is 3.12. The fraction of sp³-hybridized carbons (Fsp3) is 0.909. The Morgan fingerprint density at radius 2 is 2.07 bits per heavy atom. The molecule has 1 rings (SSSR count). The number of amides is 1. The molecule has 0 spiro atoms. The van der Waals surface area contributed by atoms with Gasteiger partial charge in [0.25, 0.3) is 0 Å². The second kappa shape index (κ2) is 5.59.